The van der Waals surface area contributed by atoms with Gasteiger partial charge in [-0.15, -0.1) is 0 Å². The van der Waals surface area contributed by atoms with Crippen LogP contribution in [0.1, 0.15) is 25.8 Å². The van der Waals surface area contributed by atoms with Crippen molar-refractivity contribution in [3.8, 4) is 11.1 Å². The van der Waals surface area contributed by atoms with E-state index in [0.717, 1.165) is 5.56 Å². The first-order valence-corrected chi connectivity index (χ1v) is 13.3. The molecular formula is C26H32FN3O5S. The van der Waals surface area contributed by atoms with Gasteiger partial charge in [0, 0.05) is 53.8 Å². The molecule has 1 aromatic heterocycles. The molecule has 194 valence electrons. The highest BCUT2D eigenvalue weighted by atomic mass is 32.2. The molecule has 0 aliphatic heterocycles. The number of rotatable bonds is 12. The predicted octanol–water partition coefficient (Wildman–Crippen LogP) is 2.96. The molecule has 0 aliphatic rings. The predicted molar refractivity (Wildman–Crippen MR) is 139 cm³/mol. The number of pyridine rings is 1. The van der Waals surface area contributed by atoms with E-state index < -0.39 is 22.0 Å². The van der Waals surface area contributed by atoms with Crippen molar-refractivity contribution in [2.24, 2.45) is 0 Å². The average molecular weight is 518 g/mol. The van der Waals surface area contributed by atoms with Crippen LogP contribution in [0.25, 0.3) is 21.9 Å². The Labute approximate surface area is 211 Å². The first-order chi connectivity index (χ1) is 17.2. The number of aryl methyl sites for hydroxylation is 1. The summed E-state index contributed by atoms with van der Waals surface area (Å²) in [5, 5.41) is 12.2. The second-order valence-corrected chi connectivity index (χ2v) is 10.3. The highest BCUT2D eigenvalue weighted by Crippen LogP contribution is 2.26. The lowest BCUT2D eigenvalue weighted by Gasteiger charge is -2.14. The van der Waals surface area contributed by atoms with E-state index in [9.17, 15) is 18.2 Å². The van der Waals surface area contributed by atoms with Crippen molar-refractivity contribution >= 4 is 27.5 Å². The van der Waals surface area contributed by atoms with Crippen molar-refractivity contribution in [1.29, 1.82) is 0 Å². The largest absolute Gasteiger partial charge is 0.377 e. The van der Waals surface area contributed by atoms with Crippen molar-refractivity contribution in [3.05, 3.63) is 70.4 Å². The number of aromatic nitrogens is 1. The van der Waals surface area contributed by atoms with Gasteiger partial charge in [-0.25, -0.2) is 9.87 Å². The molecule has 1 heterocycles. The summed E-state index contributed by atoms with van der Waals surface area (Å²) >= 11 is 0. The lowest BCUT2D eigenvalue weighted by atomic mass is 10.00. The van der Waals surface area contributed by atoms with E-state index in [4.69, 9.17) is 9.94 Å². The van der Waals surface area contributed by atoms with E-state index in [-0.39, 0.29) is 30.4 Å². The van der Waals surface area contributed by atoms with E-state index >= 15 is 0 Å². The van der Waals surface area contributed by atoms with Crippen LogP contribution in [-0.2, 0) is 33.4 Å². The van der Waals surface area contributed by atoms with E-state index in [0.29, 0.717) is 41.6 Å². The van der Waals surface area contributed by atoms with Gasteiger partial charge in [0.05, 0.1) is 12.7 Å². The third kappa shape index (κ3) is 7.07. The number of fused-ring (bicyclic) bond motifs is 1. The number of nitrogens with zero attached hydrogens (tertiary/aromatic N) is 1. The van der Waals surface area contributed by atoms with Crippen LogP contribution < -0.4 is 16.4 Å². The zero-order valence-corrected chi connectivity index (χ0v) is 21.4. The number of halogens is 1. The first-order valence-electron chi connectivity index (χ1n) is 11.7. The Hall–Kier alpha value is -2.92. The fourth-order valence-corrected chi connectivity index (χ4v) is 4.70. The van der Waals surface area contributed by atoms with Crippen molar-refractivity contribution in [2.75, 3.05) is 19.4 Å². The zero-order valence-electron chi connectivity index (χ0n) is 20.6. The SMILES string of the molecule is CC(C)OCCNCc1ccc(-c2ccc3c(=O)n(CCC(C(=O)NO)S(C)=O)ccc3c2)c(F)c1. The molecule has 36 heavy (non-hydrogen) atoms. The van der Waals surface area contributed by atoms with Gasteiger partial charge in [0.15, 0.2) is 0 Å². The molecule has 10 heteroatoms. The Morgan fingerprint density at radius 3 is 2.64 bits per heavy atom. The molecule has 1 amide bonds. The minimum atomic E-state index is -1.51. The van der Waals surface area contributed by atoms with Gasteiger partial charge in [-0.1, -0.05) is 18.2 Å². The van der Waals surface area contributed by atoms with Crippen LogP contribution in [0.2, 0.25) is 0 Å². The second-order valence-electron chi connectivity index (χ2n) is 8.78. The average Bonchev–Trinajstić information content (AvgIpc) is 2.84. The highest BCUT2D eigenvalue weighted by Gasteiger charge is 2.22. The number of carbonyl (C=O) groups excluding carboxylic acids is 1. The highest BCUT2D eigenvalue weighted by molar-refractivity contribution is 7.85. The summed E-state index contributed by atoms with van der Waals surface area (Å²) in [4.78, 5) is 24.7. The molecule has 2 atom stereocenters. The Morgan fingerprint density at radius 2 is 1.97 bits per heavy atom. The maximum absolute atomic E-state index is 14.9. The maximum atomic E-state index is 14.9. The minimum Gasteiger partial charge on any atom is -0.377 e. The molecule has 8 nitrogen and oxygen atoms in total. The monoisotopic (exact) mass is 517 g/mol. The van der Waals surface area contributed by atoms with E-state index in [1.165, 1.54) is 22.4 Å². The quantitative estimate of drug-likeness (QED) is 0.194. The van der Waals surface area contributed by atoms with Crippen LogP contribution >= 0.6 is 0 Å². The van der Waals surface area contributed by atoms with Crippen LogP contribution in [0.15, 0.2) is 53.5 Å². The maximum Gasteiger partial charge on any atom is 0.259 e. The van der Waals surface area contributed by atoms with E-state index in [2.05, 4.69) is 5.32 Å². The van der Waals surface area contributed by atoms with Crippen LogP contribution in [0, 0.1) is 5.82 Å². The van der Waals surface area contributed by atoms with E-state index in [1.54, 1.807) is 36.5 Å². The number of carbonyl (C=O) groups is 1. The van der Waals surface area contributed by atoms with E-state index in [1.807, 2.05) is 19.9 Å². The van der Waals surface area contributed by atoms with Crippen molar-refractivity contribution in [1.82, 2.24) is 15.4 Å². The smallest absolute Gasteiger partial charge is 0.259 e. The van der Waals surface area contributed by atoms with Crippen LogP contribution in [0.5, 0.6) is 0 Å². The van der Waals surface area contributed by atoms with Crippen LogP contribution in [0.3, 0.4) is 0 Å². The number of ether oxygens (including phenoxy) is 1. The number of hydroxylamine groups is 1. The molecule has 0 spiro atoms. The zero-order chi connectivity index (χ0) is 26.2. The Kier molecular flexibility index (Phi) is 9.89. The fourth-order valence-electron chi connectivity index (χ4n) is 3.91. The van der Waals surface area contributed by atoms with Gasteiger partial charge >= 0.3 is 0 Å². The summed E-state index contributed by atoms with van der Waals surface area (Å²) in [6.07, 6.45) is 3.26. The molecule has 0 fully saturated rings. The summed E-state index contributed by atoms with van der Waals surface area (Å²) in [5.41, 5.74) is 3.17. The van der Waals surface area contributed by atoms with Gasteiger partial charge in [-0.3, -0.25) is 19.0 Å². The van der Waals surface area contributed by atoms with Crippen molar-refractivity contribution in [3.63, 3.8) is 0 Å². The molecule has 2 aromatic carbocycles. The van der Waals surface area contributed by atoms with Gasteiger partial charge < -0.3 is 14.6 Å². The second kappa shape index (κ2) is 12.9. The lowest BCUT2D eigenvalue weighted by molar-refractivity contribution is -0.128. The molecule has 3 N–H and O–H groups in total. The molecule has 3 aromatic rings. The minimum absolute atomic E-state index is 0.121. The molecule has 0 aliphatic carbocycles. The number of amides is 1. The summed E-state index contributed by atoms with van der Waals surface area (Å²) < 4.78 is 33.6. The third-order valence-corrected chi connectivity index (χ3v) is 7.07. The normalized spacial score (nSPS) is 13.2. The molecule has 3 rings (SSSR count). The molecule has 0 saturated carbocycles. The van der Waals surface area contributed by atoms with Gasteiger partial charge in [0.25, 0.3) is 11.5 Å². The number of hydrogen-bond acceptors (Lipinski definition) is 6. The number of hydrogen-bond donors (Lipinski definition) is 3. The van der Waals surface area contributed by atoms with Crippen molar-refractivity contribution < 1.29 is 23.3 Å². The fraction of sp³-hybridized carbons (Fsp3) is 0.385. The van der Waals surface area contributed by atoms with Crippen molar-refractivity contribution in [2.45, 2.75) is 44.7 Å². The van der Waals surface area contributed by atoms with Crippen LogP contribution in [-0.4, -0.2) is 50.7 Å². The Balaban J connectivity index is 1.73. The standard InChI is InChI=1S/C26H32FN3O5S/c1-17(2)35-13-10-28-16-18-4-6-21(23(27)14-18)19-5-7-22-20(15-19)8-11-30(26(22)32)12-9-24(36(3)34)25(31)29-33/h4-8,11,14-15,17,24,28,33H,9-10,12-13,16H2,1-3H3,(H,29,31). The summed E-state index contributed by atoms with van der Waals surface area (Å²) in [5.74, 6) is -1.10. The van der Waals surface area contributed by atoms with Crippen LogP contribution in [0.4, 0.5) is 4.39 Å². The molecule has 0 bridgehead atoms. The van der Waals surface area contributed by atoms with Gasteiger partial charge in [-0.05, 0) is 61.0 Å². The number of nitrogens with one attached hydrogen (secondary N) is 2. The molecule has 0 radical (unpaired) electrons. The Bertz CT molecular complexity index is 1290. The summed E-state index contributed by atoms with van der Waals surface area (Å²) in [6.45, 7) is 5.90. The summed E-state index contributed by atoms with van der Waals surface area (Å²) in [6, 6.07) is 12.0. The Morgan fingerprint density at radius 1 is 1.19 bits per heavy atom. The van der Waals surface area contributed by atoms with Gasteiger partial charge in [-0.2, -0.15) is 0 Å². The third-order valence-electron chi connectivity index (χ3n) is 5.82. The number of benzene rings is 2. The molecule has 0 saturated heterocycles. The first kappa shape index (κ1) is 27.7. The van der Waals surface area contributed by atoms with Gasteiger partial charge in [0.2, 0.25) is 0 Å². The topological polar surface area (TPSA) is 110 Å². The molecule has 2 unspecified atom stereocenters. The van der Waals surface area contributed by atoms with Gasteiger partial charge in [0.1, 0.15) is 11.1 Å². The lowest BCUT2D eigenvalue weighted by Crippen LogP contribution is -2.36. The molecular weight excluding hydrogens is 485 g/mol. The summed E-state index contributed by atoms with van der Waals surface area (Å²) in [7, 11) is -1.51.